The van der Waals surface area contributed by atoms with E-state index in [1.807, 2.05) is 0 Å². The van der Waals surface area contributed by atoms with Crippen molar-refractivity contribution >= 4 is 5.91 Å². The Bertz CT molecular complexity index is 690. The van der Waals surface area contributed by atoms with Crippen LogP contribution < -0.4 is 10.7 Å². The molecular weight excluding hydrogens is 268 g/mol. The molecule has 0 fully saturated rings. The third-order valence-electron chi connectivity index (χ3n) is 2.60. The molecule has 1 aromatic heterocycles. The largest absolute Gasteiger partial charge is 0.456 e. The second-order valence-electron chi connectivity index (χ2n) is 4.15. The van der Waals surface area contributed by atoms with E-state index < -0.39 is 17.5 Å². The number of rotatable bonds is 3. The molecule has 1 N–H and O–H groups in total. The molecular formula is C14H11F2NO3. The van der Waals surface area contributed by atoms with E-state index in [1.54, 1.807) is 0 Å². The van der Waals surface area contributed by atoms with Crippen LogP contribution in [-0.4, -0.2) is 5.91 Å². The summed E-state index contributed by atoms with van der Waals surface area (Å²) < 4.78 is 31.8. The van der Waals surface area contributed by atoms with Crippen LogP contribution in [-0.2, 0) is 6.54 Å². The molecule has 0 spiro atoms. The van der Waals surface area contributed by atoms with Crippen molar-refractivity contribution in [1.82, 2.24) is 5.32 Å². The van der Waals surface area contributed by atoms with Crippen molar-refractivity contribution in [3.63, 3.8) is 0 Å². The second-order valence-corrected chi connectivity index (χ2v) is 4.15. The van der Waals surface area contributed by atoms with E-state index in [1.165, 1.54) is 19.1 Å². The predicted molar refractivity (Wildman–Crippen MR) is 67.2 cm³/mol. The first kappa shape index (κ1) is 13.9. The van der Waals surface area contributed by atoms with Crippen molar-refractivity contribution in [3.8, 4) is 0 Å². The molecule has 6 heteroatoms. The molecule has 0 aliphatic carbocycles. The van der Waals surface area contributed by atoms with Crippen molar-refractivity contribution in [2.75, 3.05) is 0 Å². The van der Waals surface area contributed by atoms with Gasteiger partial charge in [-0.1, -0.05) is 6.07 Å². The van der Waals surface area contributed by atoms with E-state index in [0.717, 1.165) is 18.2 Å². The Morgan fingerprint density at radius 1 is 1.25 bits per heavy atom. The zero-order valence-electron chi connectivity index (χ0n) is 10.6. The Kier molecular flexibility index (Phi) is 3.93. The summed E-state index contributed by atoms with van der Waals surface area (Å²) in [4.78, 5) is 23.0. The van der Waals surface area contributed by atoms with Crippen molar-refractivity contribution in [2.24, 2.45) is 0 Å². The van der Waals surface area contributed by atoms with Gasteiger partial charge in [-0.3, -0.25) is 9.59 Å². The quantitative estimate of drug-likeness (QED) is 0.936. The SMILES string of the molecule is Cc1cc(=O)cc(C(=O)NCc2c(F)cccc2F)o1. The number of amides is 1. The van der Waals surface area contributed by atoms with Crippen LogP contribution in [0.3, 0.4) is 0 Å². The van der Waals surface area contributed by atoms with Crippen molar-refractivity contribution in [2.45, 2.75) is 13.5 Å². The molecule has 1 aromatic carbocycles. The van der Waals surface area contributed by atoms with Gasteiger partial charge < -0.3 is 9.73 Å². The molecule has 2 rings (SSSR count). The van der Waals surface area contributed by atoms with Crippen LogP contribution in [0.2, 0.25) is 0 Å². The number of carbonyl (C=O) groups is 1. The van der Waals surface area contributed by atoms with Crippen molar-refractivity contribution < 1.29 is 18.0 Å². The molecule has 4 nitrogen and oxygen atoms in total. The maximum atomic E-state index is 13.4. The lowest BCUT2D eigenvalue weighted by Gasteiger charge is -2.07. The number of hydrogen-bond donors (Lipinski definition) is 1. The minimum Gasteiger partial charge on any atom is -0.456 e. The molecule has 0 bridgehead atoms. The standard InChI is InChI=1S/C14H11F2NO3/c1-8-5-9(18)6-13(20-8)14(19)17-7-10-11(15)3-2-4-12(10)16/h2-6H,7H2,1H3,(H,17,19). The second kappa shape index (κ2) is 5.64. The predicted octanol–water partition coefficient (Wildman–Crippen LogP) is 2.16. The van der Waals surface area contributed by atoms with Gasteiger partial charge in [0.1, 0.15) is 17.4 Å². The van der Waals surface area contributed by atoms with Gasteiger partial charge in [0.05, 0.1) is 0 Å². The molecule has 1 heterocycles. The summed E-state index contributed by atoms with van der Waals surface area (Å²) in [6.45, 7) is 1.18. The van der Waals surface area contributed by atoms with Crippen molar-refractivity contribution in [3.05, 3.63) is 69.3 Å². The summed E-state index contributed by atoms with van der Waals surface area (Å²) in [5, 5.41) is 2.30. The van der Waals surface area contributed by atoms with Gasteiger partial charge in [0, 0.05) is 24.2 Å². The lowest BCUT2D eigenvalue weighted by Crippen LogP contribution is -2.25. The number of carbonyl (C=O) groups excluding carboxylic acids is 1. The number of halogens is 2. The zero-order valence-corrected chi connectivity index (χ0v) is 10.6. The van der Waals surface area contributed by atoms with Gasteiger partial charge in [0.2, 0.25) is 0 Å². The van der Waals surface area contributed by atoms with E-state index in [-0.39, 0.29) is 29.1 Å². The summed E-state index contributed by atoms with van der Waals surface area (Å²) >= 11 is 0. The molecule has 20 heavy (non-hydrogen) atoms. The summed E-state index contributed by atoms with van der Waals surface area (Å²) in [6, 6.07) is 5.66. The highest BCUT2D eigenvalue weighted by Gasteiger charge is 2.13. The fraction of sp³-hybridized carbons (Fsp3) is 0.143. The van der Waals surface area contributed by atoms with Gasteiger partial charge >= 0.3 is 0 Å². The summed E-state index contributed by atoms with van der Waals surface area (Å²) in [5.41, 5.74) is -0.633. The molecule has 2 aromatic rings. The smallest absolute Gasteiger partial charge is 0.287 e. The van der Waals surface area contributed by atoms with Crippen LogP contribution in [0.25, 0.3) is 0 Å². The highest BCUT2D eigenvalue weighted by Crippen LogP contribution is 2.11. The molecule has 0 unspecified atom stereocenters. The van der Waals surface area contributed by atoms with Gasteiger partial charge in [0.25, 0.3) is 5.91 Å². The Balaban J connectivity index is 2.15. The zero-order chi connectivity index (χ0) is 14.7. The minimum atomic E-state index is -0.754. The maximum absolute atomic E-state index is 13.4. The summed E-state index contributed by atoms with van der Waals surface area (Å²) in [7, 11) is 0. The molecule has 0 aliphatic rings. The van der Waals surface area contributed by atoms with E-state index in [9.17, 15) is 18.4 Å². The van der Waals surface area contributed by atoms with Crippen LogP contribution >= 0.6 is 0 Å². The minimum absolute atomic E-state index is 0.202. The summed E-state index contributed by atoms with van der Waals surface area (Å²) in [5.74, 6) is -2.15. The lowest BCUT2D eigenvalue weighted by atomic mass is 10.2. The number of nitrogens with one attached hydrogen (secondary N) is 1. The average molecular weight is 279 g/mol. The number of benzene rings is 1. The molecule has 0 saturated heterocycles. The molecule has 0 atom stereocenters. The average Bonchev–Trinajstić information content (AvgIpc) is 2.36. The molecule has 104 valence electrons. The molecule has 0 radical (unpaired) electrons. The van der Waals surface area contributed by atoms with E-state index in [4.69, 9.17) is 4.42 Å². The fourth-order valence-electron chi connectivity index (χ4n) is 1.67. The number of aryl methyl sites for hydroxylation is 1. The van der Waals surface area contributed by atoms with Crippen LogP contribution in [0.1, 0.15) is 21.9 Å². The van der Waals surface area contributed by atoms with Crippen molar-refractivity contribution in [1.29, 1.82) is 0 Å². The highest BCUT2D eigenvalue weighted by atomic mass is 19.1. The Hall–Kier alpha value is -2.50. The Morgan fingerprint density at radius 2 is 1.90 bits per heavy atom. The third-order valence-corrected chi connectivity index (χ3v) is 2.60. The van der Waals surface area contributed by atoms with Gasteiger partial charge in [0.15, 0.2) is 11.2 Å². The topological polar surface area (TPSA) is 59.3 Å². The van der Waals surface area contributed by atoms with Gasteiger partial charge in [-0.05, 0) is 19.1 Å². The molecule has 0 aliphatic heterocycles. The molecule has 0 saturated carbocycles. The van der Waals surface area contributed by atoms with Crippen LogP contribution in [0.4, 0.5) is 8.78 Å². The van der Waals surface area contributed by atoms with Crippen LogP contribution in [0.15, 0.2) is 39.5 Å². The van der Waals surface area contributed by atoms with Gasteiger partial charge in [-0.2, -0.15) is 0 Å². The van der Waals surface area contributed by atoms with Crippen LogP contribution in [0.5, 0.6) is 0 Å². The maximum Gasteiger partial charge on any atom is 0.287 e. The lowest BCUT2D eigenvalue weighted by molar-refractivity contribution is 0.0918. The summed E-state index contributed by atoms with van der Waals surface area (Å²) in [6.07, 6.45) is 0. The Labute approximate surface area is 113 Å². The first-order valence-corrected chi connectivity index (χ1v) is 5.80. The van der Waals surface area contributed by atoms with E-state index in [0.29, 0.717) is 0 Å². The van der Waals surface area contributed by atoms with Gasteiger partial charge in [-0.25, -0.2) is 8.78 Å². The first-order valence-electron chi connectivity index (χ1n) is 5.80. The normalized spacial score (nSPS) is 10.3. The fourth-order valence-corrected chi connectivity index (χ4v) is 1.67. The van der Waals surface area contributed by atoms with E-state index >= 15 is 0 Å². The highest BCUT2D eigenvalue weighted by molar-refractivity contribution is 5.91. The monoisotopic (exact) mass is 279 g/mol. The van der Waals surface area contributed by atoms with Gasteiger partial charge in [-0.15, -0.1) is 0 Å². The van der Waals surface area contributed by atoms with Crippen LogP contribution in [0, 0.1) is 18.6 Å². The van der Waals surface area contributed by atoms with E-state index in [2.05, 4.69) is 5.32 Å². The third kappa shape index (κ3) is 3.09. The molecule has 1 amide bonds. The number of hydrogen-bond acceptors (Lipinski definition) is 3. The Morgan fingerprint density at radius 3 is 2.50 bits per heavy atom. The first-order chi connectivity index (χ1) is 9.47.